The van der Waals surface area contributed by atoms with Crippen LogP contribution in [-0.2, 0) is 10.0 Å². The van der Waals surface area contributed by atoms with Gasteiger partial charge in [0.25, 0.3) is 0 Å². The number of benzene rings is 1. The van der Waals surface area contributed by atoms with Crippen LogP contribution in [0.4, 0.5) is 4.39 Å². The number of piperidine rings is 1. The molecule has 1 unspecified atom stereocenters. The van der Waals surface area contributed by atoms with E-state index >= 15 is 0 Å². The van der Waals surface area contributed by atoms with E-state index in [9.17, 15) is 12.8 Å². The Morgan fingerprint density at radius 1 is 1.35 bits per heavy atom. The molecule has 1 aliphatic rings. The van der Waals surface area contributed by atoms with E-state index in [-0.39, 0.29) is 16.0 Å². The van der Waals surface area contributed by atoms with Gasteiger partial charge < -0.3 is 5.73 Å². The van der Waals surface area contributed by atoms with Crippen molar-refractivity contribution >= 4 is 21.6 Å². The van der Waals surface area contributed by atoms with Gasteiger partial charge in [-0.25, -0.2) is 12.8 Å². The molecule has 0 radical (unpaired) electrons. The quantitative estimate of drug-likeness (QED) is 0.929. The van der Waals surface area contributed by atoms with E-state index in [1.165, 1.54) is 10.4 Å². The maximum Gasteiger partial charge on any atom is 0.243 e. The highest BCUT2D eigenvalue weighted by molar-refractivity contribution is 7.89. The Hall–Kier alpha value is -0.690. The van der Waals surface area contributed by atoms with Gasteiger partial charge in [-0.15, -0.1) is 0 Å². The zero-order valence-electron chi connectivity index (χ0n) is 11.2. The molecule has 1 fully saturated rings. The summed E-state index contributed by atoms with van der Waals surface area (Å²) in [6.45, 7) is 2.74. The molecule has 0 spiro atoms. The molecule has 2 N–H and O–H groups in total. The molecule has 7 heteroatoms. The highest BCUT2D eigenvalue weighted by Gasteiger charge is 2.30. The fraction of sp³-hybridized carbons (Fsp3) is 0.538. The normalized spacial score (nSPS) is 20.0. The van der Waals surface area contributed by atoms with Crippen LogP contribution >= 0.6 is 11.6 Å². The summed E-state index contributed by atoms with van der Waals surface area (Å²) < 4.78 is 39.6. The first-order valence-corrected chi connectivity index (χ1v) is 8.34. The first-order chi connectivity index (χ1) is 9.30. The Morgan fingerprint density at radius 2 is 1.95 bits per heavy atom. The summed E-state index contributed by atoms with van der Waals surface area (Å²) >= 11 is 5.72. The molecule has 1 heterocycles. The molecular formula is C13H18ClFN2O2S. The van der Waals surface area contributed by atoms with Gasteiger partial charge in [0, 0.05) is 24.2 Å². The van der Waals surface area contributed by atoms with Gasteiger partial charge in [-0.3, -0.25) is 0 Å². The summed E-state index contributed by atoms with van der Waals surface area (Å²) in [6, 6.07) is 3.42. The van der Waals surface area contributed by atoms with Crippen molar-refractivity contribution in [3.63, 3.8) is 0 Å². The maximum atomic E-state index is 13.3. The number of rotatable bonds is 3. The molecule has 0 amide bonds. The molecule has 1 aromatic rings. The van der Waals surface area contributed by atoms with E-state index in [1.54, 1.807) is 0 Å². The van der Waals surface area contributed by atoms with Crippen molar-refractivity contribution in [2.24, 2.45) is 11.7 Å². The van der Waals surface area contributed by atoms with Gasteiger partial charge in [-0.05, 0) is 43.9 Å². The van der Waals surface area contributed by atoms with E-state index < -0.39 is 15.8 Å². The minimum absolute atomic E-state index is 0.0588. The van der Waals surface area contributed by atoms with Crippen molar-refractivity contribution in [3.05, 3.63) is 29.0 Å². The fourth-order valence-corrected chi connectivity index (χ4v) is 4.28. The zero-order chi connectivity index (χ0) is 14.9. The minimum Gasteiger partial charge on any atom is -0.328 e. The number of hydrogen-bond donors (Lipinski definition) is 1. The lowest BCUT2D eigenvalue weighted by atomic mass is 9.92. The fourth-order valence-electron chi connectivity index (χ4n) is 2.47. The van der Waals surface area contributed by atoms with Gasteiger partial charge in [0.1, 0.15) is 5.82 Å². The van der Waals surface area contributed by atoms with Gasteiger partial charge >= 0.3 is 0 Å². The molecule has 0 aromatic heterocycles. The van der Waals surface area contributed by atoms with Gasteiger partial charge in [-0.1, -0.05) is 11.6 Å². The first kappa shape index (κ1) is 15.7. The van der Waals surface area contributed by atoms with Gasteiger partial charge in [-0.2, -0.15) is 4.31 Å². The van der Waals surface area contributed by atoms with Crippen molar-refractivity contribution in [2.75, 3.05) is 13.1 Å². The monoisotopic (exact) mass is 320 g/mol. The predicted molar refractivity (Wildman–Crippen MR) is 76.5 cm³/mol. The third kappa shape index (κ3) is 3.31. The van der Waals surface area contributed by atoms with Crippen LogP contribution in [0.1, 0.15) is 19.8 Å². The van der Waals surface area contributed by atoms with Crippen molar-refractivity contribution in [1.29, 1.82) is 0 Å². The molecule has 1 aliphatic heterocycles. The number of nitrogens with zero attached hydrogens (tertiary/aromatic N) is 1. The Morgan fingerprint density at radius 3 is 2.45 bits per heavy atom. The van der Waals surface area contributed by atoms with Crippen molar-refractivity contribution in [1.82, 2.24) is 4.31 Å². The summed E-state index contributed by atoms with van der Waals surface area (Å²) in [5.74, 6) is -0.320. The van der Waals surface area contributed by atoms with Gasteiger partial charge in [0.2, 0.25) is 10.0 Å². The summed E-state index contributed by atoms with van der Waals surface area (Å²) in [4.78, 5) is -0.0956. The first-order valence-electron chi connectivity index (χ1n) is 6.52. The molecule has 0 saturated carbocycles. The second-order valence-electron chi connectivity index (χ2n) is 5.21. The van der Waals surface area contributed by atoms with E-state index in [1.807, 2.05) is 6.92 Å². The summed E-state index contributed by atoms with van der Waals surface area (Å²) in [5.41, 5.74) is 5.84. The zero-order valence-corrected chi connectivity index (χ0v) is 12.8. The average Bonchev–Trinajstić information content (AvgIpc) is 2.37. The Kier molecular flexibility index (Phi) is 4.69. The van der Waals surface area contributed by atoms with E-state index in [2.05, 4.69) is 0 Å². The third-order valence-corrected chi connectivity index (χ3v) is 5.81. The van der Waals surface area contributed by atoms with E-state index in [0.717, 1.165) is 25.0 Å². The number of hydrogen-bond acceptors (Lipinski definition) is 3. The van der Waals surface area contributed by atoms with Crippen LogP contribution in [0.3, 0.4) is 0 Å². The van der Waals surface area contributed by atoms with Crippen LogP contribution in [0.2, 0.25) is 5.02 Å². The number of sulfonamides is 1. The second-order valence-corrected chi connectivity index (χ2v) is 7.58. The highest BCUT2D eigenvalue weighted by Crippen LogP contribution is 2.27. The van der Waals surface area contributed by atoms with Crippen molar-refractivity contribution in [3.8, 4) is 0 Å². The van der Waals surface area contributed by atoms with Crippen LogP contribution in [0.15, 0.2) is 23.1 Å². The summed E-state index contributed by atoms with van der Waals surface area (Å²) in [6.07, 6.45) is 1.44. The second kappa shape index (κ2) is 5.97. The molecule has 0 bridgehead atoms. The summed E-state index contributed by atoms with van der Waals surface area (Å²) in [7, 11) is -3.69. The van der Waals surface area contributed by atoms with Crippen LogP contribution in [0, 0.1) is 11.7 Å². The minimum atomic E-state index is -3.69. The topological polar surface area (TPSA) is 63.4 Å². The third-order valence-electron chi connectivity index (χ3n) is 3.72. The van der Waals surface area contributed by atoms with Crippen LogP contribution in [-0.4, -0.2) is 31.9 Å². The molecule has 1 saturated heterocycles. The number of halogens is 2. The largest absolute Gasteiger partial charge is 0.328 e. The standard InChI is InChI=1S/C13H18ClFN2O2S/c1-9(16)10-2-4-17(5-3-10)20(18,19)13-7-11(14)6-12(15)8-13/h6-10H,2-5,16H2,1H3. The Bertz CT molecular complexity index is 564. The number of nitrogens with two attached hydrogens (primary N) is 1. The van der Waals surface area contributed by atoms with Crippen LogP contribution in [0.5, 0.6) is 0 Å². The van der Waals surface area contributed by atoms with Gasteiger partial charge in [0.15, 0.2) is 0 Å². The molecule has 20 heavy (non-hydrogen) atoms. The smallest absolute Gasteiger partial charge is 0.243 e. The lowest BCUT2D eigenvalue weighted by Crippen LogP contribution is -2.42. The molecule has 112 valence electrons. The lowest BCUT2D eigenvalue weighted by Gasteiger charge is -2.32. The van der Waals surface area contributed by atoms with E-state index in [4.69, 9.17) is 17.3 Å². The Labute approximate surface area is 123 Å². The molecule has 1 atom stereocenters. The van der Waals surface area contributed by atoms with Crippen LogP contribution in [0.25, 0.3) is 0 Å². The van der Waals surface area contributed by atoms with Gasteiger partial charge in [0.05, 0.1) is 4.90 Å². The Balaban J connectivity index is 2.19. The van der Waals surface area contributed by atoms with Crippen LogP contribution < -0.4 is 5.73 Å². The molecule has 4 nitrogen and oxygen atoms in total. The van der Waals surface area contributed by atoms with E-state index in [0.29, 0.717) is 19.0 Å². The maximum absolute atomic E-state index is 13.3. The molecular weight excluding hydrogens is 303 g/mol. The average molecular weight is 321 g/mol. The molecule has 2 rings (SSSR count). The van der Waals surface area contributed by atoms with Crippen molar-refractivity contribution < 1.29 is 12.8 Å². The molecule has 1 aromatic carbocycles. The lowest BCUT2D eigenvalue weighted by molar-refractivity contribution is 0.250. The SMILES string of the molecule is CC(N)C1CCN(S(=O)(=O)c2cc(F)cc(Cl)c2)CC1. The predicted octanol–water partition coefficient (Wildman–Crippen LogP) is 2.23. The molecule has 0 aliphatic carbocycles. The van der Waals surface area contributed by atoms with Crippen molar-refractivity contribution in [2.45, 2.75) is 30.7 Å². The highest BCUT2D eigenvalue weighted by atomic mass is 35.5. The summed E-state index contributed by atoms with van der Waals surface area (Å²) in [5, 5.41) is 0.0778.